The number of pyridine rings is 1. The van der Waals surface area contributed by atoms with E-state index in [1.807, 2.05) is 30.3 Å². The third kappa shape index (κ3) is 4.00. The van der Waals surface area contributed by atoms with Crippen LogP contribution in [-0.2, 0) is 13.0 Å². The maximum Gasteiger partial charge on any atom is 0.164 e. The number of aryl methyl sites for hydroxylation is 1. The molecule has 0 saturated heterocycles. The second-order valence-corrected chi connectivity index (χ2v) is 7.57. The molecule has 4 aromatic rings. The van der Waals surface area contributed by atoms with Crippen molar-refractivity contribution in [3.63, 3.8) is 0 Å². The number of nitrogens with zero attached hydrogens (tertiary/aromatic N) is 3. The Kier molecular flexibility index (Phi) is 5.57. The van der Waals surface area contributed by atoms with E-state index in [9.17, 15) is 0 Å². The van der Waals surface area contributed by atoms with E-state index >= 15 is 0 Å². The molecule has 0 aliphatic carbocycles. The molecule has 0 bridgehead atoms. The van der Waals surface area contributed by atoms with Crippen molar-refractivity contribution in [3.05, 3.63) is 59.2 Å². The van der Waals surface area contributed by atoms with E-state index in [4.69, 9.17) is 19.4 Å². The van der Waals surface area contributed by atoms with Crippen molar-refractivity contribution < 1.29 is 9.47 Å². The van der Waals surface area contributed by atoms with Gasteiger partial charge in [-0.05, 0) is 36.8 Å². The first-order valence-corrected chi connectivity index (χ1v) is 10.2. The van der Waals surface area contributed by atoms with E-state index in [-0.39, 0.29) is 0 Å². The largest absolute Gasteiger partial charge is 0.497 e. The lowest BCUT2D eigenvalue weighted by Gasteiger charge is -2.13. The summed E-state index contributed by atoms with van der Waals surface area (Å²) >= 11 is 1.70. The predicted molar refractivity (Wildman–Crippen MR) is 117 cm³/mol. The number of benzene rings is 1. The standard InChI is InChI=1S/C22H22N4O2S/c1-4-17-11-18-21(24-13-14-7-8-16(27-2)10-19(14)28-3)25-20(26-22(18)29-17)15-6-5-9-23-12-15/h5-12H,4,13H2,1-3H3,(H,24,25,26). The van der Waals surface area contributed by atoms with Crippen LogP contribution in [0, 0.1) is 0 Å². The number of nitrogens with one attached hydrogen (secondary N) is 1. The molecule has 0 atom stereocenters. The van der Waals surface area contributed by atoms with Gasteiger partial charge in [0.05, 0.1) is 19.6 Å². The number of thiophene rings is 1. The third-order valence-corrected chi connectivity index (χ3v) is 5.83. The Labute approximate surface area is 173 Å². The normalized spacial score (nSPS) is 10.9. The summed E-state index contributed by atoms with van der Waals surface area (Å²) < 4.78 is 10.8. The summed E-state index contributed by atoms with van der Waals surface area (Å²) in [5, 5.41) is 4.51. The summed E-state index contributed by atoms with van der Waals surface area (Å²) in [5.74, 6) is 3.01. The average molecular weight is 407 g/mol. The Hall–Kier alpha value is -3.19. The number of ether oxygens (including phenoxy) is 2. The molecule has 3 aromatic heterocycles. The Morgan fingerprint density at radius 3 is 2.69 bits per heavy atom. The summed E-state index contributed by atoms with van der Waals surface area (Å²) in [6, 6.07) is 11.8. The second-order valence-electron chi connectivity index (χ2n) is 6.45. The van der Waals surface area contributed by atoms with Gasteiger partial charge in [0.1, 0.15) is 22.1 Å². The Bertz CT molecular complexity index is 1130. The van der Waals surface area contributed by atoms with Gasteiger partial charge in [-0.3, -0.25) is 4.98 Å². The lowest BCUT2D eigenvalue weighted by molar-refractivity contribution is 0.391. The SMILES string of the molecule is CCc1cc2c(NCc3ccc(OC)cc3OC)nc(-c3cccnc3)nc2s1. The molecule has 0 aliphatic heterocycles. The van der Waals surface area contributed by atoms with Gasteiger partial charge < -0.3 is 14.8 Å². The maximum absolute atomic E-state index is 5.52. The van der Waals surface area contributed by atoms with Crippen molar-refractivity contribution in [2.24, 2.45) is 0 Å². The van der Waals surface area contributed by atoms with Gasteiger partial charge in [-0.25, -0.2) is 9.97 Å². The average Bonchev–Trinajstić information content (AvgIpc) is 3.21. The van der Waals surface area contributed by atoms with E-state index in [1.165, 1.54) is 4.88 Å². The van der Waals surface area contributed by atoms with Crippen LogP contribution in [0.5, 0.6) is 11.5 Å². The molecule has 6 nitrogen and oxygen atoms in total. The zero-order valence-electron chi connectivity index (χ0n) is 16.6. The zero-order chi connectivity index (χ0) is 20.2. The second kappa shape index (κ2) is 8.45. The van der Waals surface area contributed by atoms with Crippen molar-refractivity contribution in [2.45, 2.75) is 19.9 Å². The van der Waals surface area contributed by atoms with Crippen molar-refractivity contribution in [1.82, 2.24) is 15.0 Å². The van der Waals surface area contributed by atoms with E-state index in [0.717, 1.165) is 45.1 Å². The van der Waals surface area contributed by atoms with E-state index in [0.29, 0.717) is 12.4 Å². The summed E-state index contributed by atoms with van der Waals surface area (Å²) in [5.41, 5.74) is 1.92. The molecule has 1 aromatic carbocycles. The highest BCUT2D eigenvalue weighted by Crippen LogP contribution is 2.32. The maximum atomic E-state index is 5.52. The van der Waals surface area contributed by atoms with Crippen LogP contribution in [0.3, 0.4) is 0 Å². The smallest absolute Gasteiger partial charge is 0.164 e. The highest BCUT2D eigenvalue weighted by molar-refractivity contribution is 7.18. The minimum atomic E-state index is 0.572. The molecular weight excluding hydrogens is 384 g/mol. The molecule has 4 rings (SSSR count). The number of fused-ring (bicyclic) bond motifs is 1. The van der Waals surface area contributed by atoms with Crippen LogP contribution in [0.15, 0.2) is 48.8 Å². The first-order valence-electron chi connectivity index (χ1n) is 9.37. The molecule has 1 N–H and O–H groups in total. The molecular formula is C22H22N4O2S. The lowest BCUT2D eigenvalue weighted by atomic mass is 10.2. The van der Waals surface area contributed by atoms with Crippen LogP contribution in [0.1, 0.15) is 17.4 Å². The molecule has 29 heavy (non-hydrogen) atoms. The molecule has 0 radical (unpaired) electrons. The van der Waals surface area contributed by atoms with Crippen LogP contribution >= 0.6 is 11.3 Å². The number of rotatable bonds is 7. The molecule has 3 heterocycles. The molecule has 0 fully saturated rings. The van der Waals surface area contributed by atoms with Crippen LogP contribution in [0.4, 0.5) is 5.82 Å². The minimum Gasteiger partial charge on any atom is -0.497 e. The molecule has 7 heteroatoms. The fraction of sp³-hybridized carbons (Fsp3) is 0.227. The van der Waals surface area contributed by atoms with Gasteiger partial charge in [0, 0.05) is 41.0 Å². The summed E-state index contributed by atoms with van der Waals surface area (Å²) in [6.07, 6.45) is 4.50. The highest BCUT2D eigenvalue weighted by atomic mass is 32.1. The first-order chi connectivity index (χ1) is 14.2. The van der Waals surface area contributed by atoms with Crippen LogP contribution in [0.2, 0.25) is 0 Å². The van der Waals surface area contributed by atoms with Gasteiger partial charge in [0.2, 0.25) is 0 Å². The predicted octanol–water partition coefficient (Wildman–Crippen LogP) is 4.95. The fourth-order valence-electron chi connectivity index (χ4n) is 3.08. The first kappa shape index (κ1) is 19.1. The van der Waals surface area contributed by atoms with Gasteiger partial charge in [-0.2, -0.15) is 0 Å². The molecule has 0 saturated carbocycles. The fourth-order valence-corrected chi connectivity index (χ4v) is 4.05. The monoisotopic (exact) mass is 406 g/mol. The van der Waals surface area contributed by atoms with Crippen LogP contribution < -0.4 is 14.8 Å². The van der Waals surface area contributed by atoms with Gasteiger partial charge in [-0.1, -0.05) is 6.92 Å². The van der Waals surface area contributed by atoms with E-state index in [2.05, 4.69) is 23.3 Å². The number of hydrogen-bond donors (Lipinski definition) is 1. The minimum absolute atomic E-state index is 0.572. The van der Waals surface area contributed by atoms with Gasteiger partial charge in [0.15, 0.2) is 5.82 Å². The van der Waals surface area contributed by atoms with Crippen molar-refractivity contribution in [3.8, 4) is 22.9 Å². The van der Waals surface area contributed by atoms with E-state index < -0.39 is 0 Å². The van der Waals surface area contributed by atoms with Crippen LogP contribution in [0.25, 0.3) is 21.6 Å². The number of anilines is 1. The van der Waals surface area contributed by atoms with Crippen molar-refractivity contribution in [1.29, 1.82) is 0 Å². The van der Waals surface area contributed by atoms with Crippen molar-refractivity contribution in [2.75, 3.05) is 19.5 Å². The van der Waals surface area contributed by atoms with Crippen molar-refractivity contribution >= 4 is 27.4 Å². The molecule has 0 spiro atoms. The lowest BCUT2D eigenvalue weighted by Crippen LogP contribution is -2.05. The quantitative estimate of drug-likeness (QED) is 0.469. The van der Waals surface area contributed by atoms with Gasteiger partial charge in [0.25, 0.3) is 0 Å². The zero-order valence-corrected chi connectivity index (χ0v) is 17.4. The molecule has 0 amide bonds. The Morgan fingerprint density at radius 1 is 1.07 bits per heavy atom. The summed E-state index contributed by atoms with van der Waals surface area (Å²) in [6.45, 7) is 2.72. The Morgan fingerprint density at radius 2 is 1.97 bits per heavy atom. The summed E-state index contributed by atoms with van der Waals surface area (Å²) in [4.78, 5) is 16.0. The molecule has 0 unspecified atom stereocenters. The number of aromatic nitrogens is 3. The van der Waals surface area contributed by atoms with Gasteiger partial charge in [-0.15, -0.1) is 11.3 Å². The molecule has 148 valence electrons. The number of methoxy groups -OCH3 is 2. The number of hydrogen-bond acceptors (Lipinski definition) is 7. The highest BCUT2D eigenvalue weighted by Gasteiger charge is 2.14. The summed E-state index contributed by atoms with van der Waals surface area (Å²) in [7, 11) is 3.31. The Balaban J connectivity index is 1.71. The van der Waals surface area contributed by atoms with Crippen LogP contribution in [-0.4, -0.2) is 29.2 Å². The third-order valence-electron chi connectivity index (χ3n) is 4.65. The molecule has 0 aliphatic rings. The van der Waals surface area contributed by atoms with E-state index in [1.54, 1.807) is 38.0 Å². The topological polar surface area (TPSA) is 69.2 Å². The van der Waals surface area contributed by atoms with Gasteiger partial charge >= 0.3 is 0 Å².